The Bertz CT molecular complexity index is 417. The molecular formula is C18H30O4S5. The first-order valence-corrected chi connectivity index (χ1v) is 14.9. The van der Waals surface area contributed by atoms with E-state index in [9.17, 15) is 9.59 Å². The number of hydrogen-bond acceptors (Lipinski definition) is 9. The summed E-state index contributed by atoms with van der Waals surface area (Å²) >= 11 is 9.30. The third kappa shape index (κ3) is 12.1. The fourth-order valence-corrected chi connectivity index (χ4v) is 6.15. The van der Waals surface area contributed by atoms with Crippen LogP contribution in [-0.4, -0.2) is 81.7 Å². The molecule has 0 amide bonds. The van der Waals surface area contributed by atoms with Crippen molar-refractivity contribution in [3.8, 4) is 0 Å². The highest BCUT2D eigenvalue weighted by Crippen LogP contribution is 2.30. The van der Waals surface area contributed by atoms with Crippen LogP contribution in [0.5, 0.6) is 0 Å². The zero-order chi connectivity index (χ0) is 19.5. The zero-order valence-corrected chi connectivity index (χ0v) is 20.1. The van der Waals surface area contributed by atoms with Gasteiger partial charge in [0, 0.05) is 56.5 Å². The Morgan fingerprint density at radius 2 is 1.19 bits per heavy atom. The van der Waals surface area contributed by atoms with Crippen molar-refractivity contribution >= 4 is 70.7 Å². The standard InChI is InChI=1S/C18H30O4S5/c1-13(17(19)21-7-15-11-26-15)9-24-5-3-23-4-6-25-10-14(2)18(20)22-8-16-12-27-16/h13-16H,3-12H2,1-2H3. The van der Waals surface area contributed by atoms with Gasteiger partial charge in [0.25, 0.3) is 0 Å². The van der Waals surface area contributed by atoms with Gasteiger partial charge in [0.05, 0.1) is 11.8 Å². The molecule has 9 heteroatoms. The Balaban J connectivity index is 1.33. The summed E-state index contributed by atoms with van der Waals surface area (Å²) in [6, 6.07) is 0. The number of rotatable bonds is 16. The number of hydrogen-bond donors (Lipinski definition) is 0. The molecule has 4 unspecified atom stereocenters. The number of carbonyl (C=O) groups excluding carboxylic acids is 2. The molecule has 0 aromatic heterocycles. The summed E-state index contributed by atoms with van der Waals surface area (Å²) in [5, 5.41) is 1.11. The summed E-state index contributed by atoms with van der Waals surface area (Å²) in [5.74, 6) is 8.13. The van der Waals surface area contributed by atoms with Gasteiger partial charge in [0.15, 0.2) is 0 Å². The fraction of sp³-hybridized carbons (Fsp3) is 0.889. The molecule has 2 fully saturated rings. The predicted molar refractivity (Wildman–Crippen MR) is 125 cm³/mol. The lowest BCUT2D eigenvalue weighted by Gasteiger charge is -2.11. The van der Waals surface area contributed by atoms with Gasteiger partial charge in [-0.05, 0) is 0 Å². The first-order valence-electron chi connectivity index (χ1n) is 9.36. The van der Waals surface area contributed by atoms with E-state index in [1.807, 2.05) is 72.7 Å². The van der Waals surface area contributed by atoms with Gasteiger partial charge >= 0.3 is 11.9 Å². The molecule has 4 nitrogen and oxygen atoms in total. The normalized spacial score (nSPS) is 22.7. The number of esters is 2. The lowest BCUT2D eigenvalue weighted by atomic mass is 10.2. The van der Waals surface area contributed by atoms with Crippen molar-refractivity contribution in [3.05, 3.63) is 0 Å². The third-order valence-electron chi connectivity index (χ3n) is 3.91. The van der Waals surface area contributed by atoms with Crippen molar-refractivity contribution in [2.24, 2.45) is 11.8 Å². The highest BCUT2D eigenvalue weighted by Gasteiger charge is 2.26. The molecule has 0 aliphatic carbocycles. The molecule has 2 aliphatic heterocycles. The molecule has 156 valence electrons. The minimum atomic E-state index is -0.0532. The Morgan fingerprint density at radius 3 is 1.56 bits per heavy atom. The molecule has 0 spiro atoms. The Morgan fingerprint density at radius 1 is 0.815 bits per heavy atom. The van der Waals surface area contributed by atoms with Gasteiger partial charge in [-0.1, -0.05) is 13.8 Å². The molecule has 2 aliphatic rings. The fourth-order valence-electron chi connectivity index (χ4n) is 1.96. The number of thioether (sulfide) groups is 5. The van der Waals surface area contributed by atoms with Crippen LogP contribution in [0, 0.1) is 11.8 Å². The largest absolute Gasteiger partial charge is 0.464 e. The van der Waals surface area contributed by atoms with E-state index in [0.29, 0.717) is 23.7 Å². The molecule has 2 rings (SSSR count). The maximum absolute atomic E-state index is 11.8. The maximum atomic E-state index is 11.8. The number of ether oxygens (including phenoxy) is 2. The second-order valence-corrected chi connectivity index (χ2v) is 12.9. The van der Waals surface area contributed by atoms with E-state index < -0.39 is 0 Å². The minimum absolute atomic E-state index is 0.0148. The smallest absolute Gasteiger partial charge is 0.309 e. The monoisotopic (exact) mass is 470 g/mol. The van der Waals surface area contributed by atoms with E-state index >= 15 is 0 Å². The van der Waals surface area contributed by atoms with Crippen LogP contribution in [-0.2, 0) is 19.1 Å². The van der Waals surface area contributed by atoms with Crippen molar-refractivity contribution in [1.29, 1.82) is 0 Å². The first-order chi connectivity index (χ1) is 13.1. The first kappa shape index (κ1) is 24.0. The van der Waals surface area contributed by atoms with Crippen LogP contribution < -0.4 is 0 Å². The molecule has 0 aromatic rings. The molecule has 0 aromatic carbocycles. The van der Waals surface area contributed by atoms with E-state index in [2.05, 4.69) is 0 Å². The van der Waals surface area contributed by atoms with Gasteiger partial charge in [-0.2, -0.15) is 58.8 Å². The van der Waals surface area contributed by atoms with Crippen molar-refractivity contribution in [3.63, 3.8) is 0 Å². The molecule has 0 bridgehead atoms. The second-order valence-electron chi connectivity index (χ2n) is 6.74. The van der Waals surface area contributed by atoms with Crippen LogP contribution >= 0.6 is 58.8 Å². The topological polar surface area (TPSA) is 52.6 Å². The van der Waals surface area contributed by atoms with Gasteiger partial charge in [-0.15, -0.1) is 0 Å². The second kappa shape index (κ2) is 13.8. The summed E-state index contributed by atoms with van der Waals surface area (Å²) in [6.45, 7) is 5.08. The minimum Gasteiger partial charge on any atom is -0.464 e. The van der Waals surface area contributed by atoms with Crippen LogP contribution in [0.15, 0.2) is 0 Å². The summed E-state index contributed by atoms with van der Waals surface area (Å²) in [5.41, 5.74) is 0. The average Bonchev–Trinajstić information content (AvgIpc) is 3.56. The summed E-state index contributed by atoms with van der Waals surface area (Å²) < 4.78 is 10.6. The van der Waals surface area contributed by atoms with Crippen LogP contribution in [0.1, 0.15) is 13.8 Å². The Hall–Kier alpha value is 0.690. The maximum Gasteiger partial charge on any atom is 0.309 e. The quantitative estimate of drug-likeness (QED) is 0.190. The van der Waals surface area contributed by atoms with Gasteiger partial charge in [-0.3, -0.25) is 9.59 Å². The van der Waals surface area contributed by atoms with Crippen LogP contribution in [0.3, 0.4) is 0 Å². The molecule has 0 radical (unpaired) electrons. The van der Waals surface area contributed by atoms with Crippen molar-refractivity contribution in [2.45, 2.75) is 24.3 Å². The Kier molecular flexibility index (Phi) is 12.3. The van der Waals surface area contributed by atoms with Gasteiger partial charge in [0.1, 0.15) is 13.2 Å². The average molecular weight is 471 g/mol. The van der Waals surface area contributed by atoms with Crippen LogP contribution in [0.25, 0.3) is 0 Å². The predicted octanol–water partition coefficient (Wildman–Crippen LogP) is 3.78. The molecule has 0 saturated carbocycles. The van der Waals surface area contributed by atoms with Crippen LogP contribution in [0.4, 0.5) is 0 Å². The molecule has 2 saturated heterocycles. The van der Waals surface area contributed by atoms with Gasteiger partial charge in [-0.25, -0.2) is 0 Å². The summed E-state index contributed by atoms with van der Waals surface area (Å²) in [7, 11) is 0. The van der Waals surface area contributed by atoms with E-state index in [4.69, 9.17) is 9.47 Å². The van der Waals surface area contributed by atoms with E-state index in [0.717, 1.165) is 46.0 Å². The lowest BCUT2D eigenvalue weighted by Crippen LogP contribution is -2.19. The molecule has 0 N–H and O–H groups in total. The van der Waals surface area contributed by atoms with Crippen LogP contribution in [0.2, 0.25) is 0 Å². The summed E-state index contributed by atoms with van der Waals surface area (Å²) in [6.07, 6.45) is 0. The summed E-state index contributed by atoms with van der Waals surface area (Å²) in [4.78, 5) is 23.6. The van der Waals surface area contributed by atoms with E-state index in [1.54, 1.807) is 0 Å². The third-order valence-corrected chi connectivity index (χ3v) is 9.75. The van der Waals surface area contributed by atoms with Crippen molar-refractivity contribution in [1.82, 2.24) is 0 Å². The molecule has 2 heterocycles. The lowest BCUT2D eigenvalue weighted by molar-refractivity contribution is -0.147. The zero-order valence-electron chi connectivity index (χ0n) is 16.1. The molecule has 4 atom stereocenters. The highest BCUT2D eigenvalue weighted by atomic mass is 32.2. The van der Waals surface area contributed by atoms with Crippen molar-refractivity contribution < 1.29 is 19.1 Å². The molecule has 27 heavy (non-hydrogen) atoms. The van der Waals surface area contributed by atoms with E-state index in [1.165, 1.54) is 0 Å². The van der Waals surface area contributed by atoms with Gasteiger partial charge < -0.3 is 9.47 Å². The molecular weight excluding hydrogens is 441 g/mol. The van der Waals surface area contributed by atoms with Crippen molar-refractivity contribution in [2.75, 3.05) is 59.2 Å². The Labute approximate surface area is 184 Å². The number of carbonyl (C=O) groups is 2. The van der Waals surface area contributed by atoms with Gasteiger partial charge in [0.2, 0.25) is 0 Å². The van der Waals surface area contributed by atoms with E-state index in [-0.39, 0.29) is 23.8 Å². The SMILES string of the molecule is CC(CSCCSCCSCC(C)C(=O)OCC1CS1)C(=O)OCC1CS1. The highest BCUT2D eigenvalue weighted by molar-refractivity contribution is 8.07.